The van der Waals surface area contributed by atoms with Gasteiger partial charge in [-0.25, -0.2) is 9.78 Å². The molecule has 3 aromatic rings. The second-order valence-corrected chi connectivity index (χ2v) is 5.54. The van der Waals surface area contributed by atoms with Gasteiger partial charge in [-0.2, -0.15) is 0 Å². The second-order valence-electron chi connectivity index (χ2n) is 5.54. The van der Waals surface area contributed by atoms with E-state index in [2.05, 4.69) is 11.6 Å². The lowest BCUT2D eigenvalue weighted by Gasteiger charge is -2.12. The summed E-state index contributed by atoms with van der Waals surface area (Å²) in [6.45, 7) is 7.55. The van der Waals surface area contributed by atoms with Crippen molar-refractivity contribution in [2.45, 2.75) is 20.0 Å². The van der Waals surface area contributed by atoms with Crippen molar-refractivity contribution in [1.82, 2.24) is 4.98 Å². The lowest BCUT2D eigenvalue weighted by molar-refractivity contribution is 0.0697. The Morgan fingerprint density at radius 2 is 2.12 bits per heavy atom. The average Bonchev–Trinajstić information content (AvgIpc) is 2.97. The number of carboxylic acid groups (broad SMARTS) is 1. The summed E-state index contributed by atoms with van der Waals surface area (Å²) in [6, 6.07) is 10.3. The number of aromatic nitrogens is 1. The molecule has 2 aromatic carbocycles. The van der Waals surface area contributed by atoms with Gasteiger partial charge in [0.25, 0.3) is 0 Å². The number of nitrogens with zero attached hydrogens (tertiary/aromatic N) is 1. The molecule has 1 N–H and O–H groups in total. The number of carbonyl (C=O) groups is 1. The van der Waals surface area contributed by atoms with Crippen LogP contribution in [0.25, 0.3) is 22.6 Å². The zero-order valence-corrected chi connectivity index (χ0v) is 13.4. The van der Waals surface area contributed by atoms with Gasteiger partial charge in [-0.1, -0.05) is 12.7 Å². The number of aryl methyl sites for hydroxylation is 1. The molecule has 0 fully saturated rings. The van der Waals surface area contributed by atoms with Gasteiger partial charge < -0.3 is 14.3 Å². The number of oxazole rings is 1. The van der Waals surface area contributed by atoms with Crippen LogP contribution in [0.1, 0.15) is 22.8 Å². The highest BCUT2D eigenvalue weighted by molar-refractivity contribution is 5.92. The van der Waals surface area contributed by atoms with Crippen LogP contribution in [-0.2, 0) is 0 Å². The Balaban J connectivity index is 1.97. The summed E-state index contributed by atoms with van der Waals surface area (Å²) in [4.78, 5) is 15.5. The summed E-state index contributed by atoms with van der Waals surface area (Å²) in [5.74, 6) is 0.199. The molecule has 1 unspecified atom stereocenters. The van der Waals surface area contributed by atoms with Gasteiger partial charge in [0.15, 0.2) is 5.58 Å². The molecule has 5 nitrogen and oxygen atoms in total. The van der Waals surface area contributed by atoms with Gasteiger partial charge in [-0.05, 0) is 55.8 Å². The Hall–Kier alpha value is -3.08. The van der Waals surface area contributed by atoms with Crippen molar-refractivity contribution in [2.24, 2.45) is 0 Å². The van der Waals surface area contributed by atoms with Crippen molar-refractivity contribution < 1.29 is 19.1 Å². The van der Waals surface area contributed by atoms with Gasteiger partial charge in [0.05, 0.1) is 5.56 Å². The van der Waals surface area contributed by atoms with E-state index in [0.717, 1.165) is 16.9 Å². The Kier molecular flexibility index (Phi) is 4.08. The van der Waals surface area contributed by atoms with Crippen LogP contribution in [0, 0.1) is 6.92 Å². The Morgan fingerprint density at radius 3 is 2.79 bits per heavy atom. The topological polar surface area (TPSA) is 72.6 Å². The Labute approximate surface area is 139 Å². The van der Waals surface area contributed by atoms with Gasteiger partial charge in [0.2, 0.25) is 5.89 Å². The van der Waals surface area contributed by atoms with Gasteiger partial charge in [0, 0.05) is 5.56 Å². The molecule has 0 amide bonds. The lowest BCUT2D eigenvalue weighted by Crippen LogP contribution is -2.07. The minimum Gasteiger partial charge on any atom is -0.487 e. The van der Waals surface area contributed by atoms with Gasteiger partial charge in [-0.15, -0.1) is 0 Å². The number of ether oxygens (including phenoxy) is 1. The van der Waals surface area contributed by atoms with E-state index in [0.29, 0.717) is 17.0 Å². The third-order valence-electron chi connectivity index (χ3n) is 3.72. The third-order valence-corrected chi connectivity index (χ3v) is 3.72. The largest absolute Gasteiger partial charge is 0.487 e. The molecule has 0 aliphatic heterocycles. The minimum atomic E-state index is -0.996. The molecule has 122 valence electrons. The van der Waals surface area contributed by atoms with Crippen LogP contribution >= 0.6 is 0 Å². The molecule has 1 heterocycles. The van der Waals surface area contributed by atoms with Crippen LogP contribution in [0.3, 0.4) is 0 Å². The number of benzene rings is 2. The fourth-order valence-corrected chi connectivity index (χ4v) is 2.39. The van der Waals surface area contributed by atoms with E-state index in [9.17, 15) is 4.79 Å². The summed E-state index contributed by atoms with van der Waals surface area (Å²) in [6.07, 6.45) is 1.65. The number of hydrogen-bond donors (Lipinski definition) is 1. The number of hydrogen-bond acceptors (Lipinski definition) is 4. The highest BCUT2D eigenvalue weighted by Crippen LogP contribution is 2.30. The maximum absolute atomic E-state index is 11.0. The fourth-order valence-electron chi connectivity index (χ4n) is 2.39. The van der Waals surface area contributed by atoms with E-state index >= 15 is 0 Å². The Bertz CT molecular complexity index is 926. The van der Waals surface area contributed by atoms with E-state index < -0.39 is 5.97 Å². The van der Waals surface area contributed by atoms with Crippen LogP contribution in [0.2, 0.25) is 0 Å². The van der Waals surface area contributed by atoms with Crippen LogP contribution < -0.4 is 4.74 Å². The molecule has 0 aliphatic rings. The summed E-state index contributed by atoms with van der Waals surface area (Å²) in [5, 5.41) is 9.05. The van der Waals surface area contributed by atoms with E-state index in [4.69, 9.17) is 14.3 Å². The first-order chi connectivity index (χ1) is 11.5. The SMILES string of the molecule is C=CC(C)Oc1ccc(-c2nc3ccc(C(=O)O)cc3o2)c(C)c1. The minimum absolute atomic E-state index is 0.0750. The van der Waals surface area contributed by atoms with Crippen molar-refractivity contribution in [3.63, 3.8) is 0 Å². The zero-order valence-electron chi connectivity index (χ0n) is 13.4. The summed E-state index contributed by atoms with van der Waals surface area (Å²) in [5.41, 5.74) is 3.03. The molecule has 0 bridgehead atoms. The first-order valence-corrected chi connectivity index (χ1v) is 7.52. The molecule has 1 aromatic heterocycles. The number of carboxylic acids is 1. The van der Waals surface area contributed by atoms with Crippen molar-refractivity contribution in [3.8, 4) is 17.2 Å². The zero-order chi connectivity index (χ0) is 17.3. The van der Waals surface area contributed by atoms with Crippen LogP contribution in [0.15, 0.2) is 53.5 Å². The number of fused-ring (bicyclic) bond motifs is 1. The predicted octanol–water partition coefficient (Wildman–Crippen LogP) is 4.45. The molecular formula is C19H17NO4. The van der Waals surface area contributed by atoms with Crippen LogP contribution in [0.5, 0.6) is 5.75 Å². The summed E-state index contributed by atoms with van der Waals surface area (Å²) >= 11 is 0. The quantitative estimate of drug-likeness (QED) is 0.702. The van der Waals surface area contributed by atoms with Crippen molar-refractivity contribution in [2.75, 3.05) is 0 Å². The molecule has 3 rings (SSSR count). The monoisotopic (exact) mass is 323 g/mol. The molecular weight excluding hydrogens is 306 g/mol. The van der Waals surface area contributed by atoms with Crippen molar-refractivity contribution >= 4 is 17.1 Å². The molecule has 0 saturated carbocycles. The second kappa shape index (κ2) is 6.20. The molecule has 0 saturated heterocycles. The molecule has 0 radical (unpaired) electrons. The highest BCUT2D eigenvalue weighted by atomic mass is 16.5. The molecule has 1 atom stereocenters. The van der Waals surface area contributed by atoms with E-state index in [1.807, 2.05) is 32.0 Å². The number of rotatable bonds is 5. The normalized spacial score (nSPS) is 12.1. The fraction of sp³-hybridized carbons (Fsp3) is 0.158. The highest BCUT2D eigenvalue weighted by Gasteiger charge is 2.13. The van der Waals surface area contributed by atoms with Crippen LogP contribution in [0.4, 0.5) is 0 Å². The number of aromatic carboxylic acids is 1. The van der Waals surface area contributed by atoms with Crippen molar-refractivity contribution in [3.05, 3.63) is 60.2 Å². The average molecular weight is 323 g/mol. The lowest BCUT2D eigenvalue weighted by atomic mass is 10.1. The van der Waals surface area contributed by atoms with Gasteiger partial charge >= 0.3 is 5.97 Å². The molecule has 24 heavy (non-hydrogen) atoms. The standard InChI is InChI=1S/C19H17NO4/c1-4-12(3)23-14-6-7-15(11(2)9-14)18-20-16-8-5-13(19(21)22)10-17(16)24-18/h4-10,12H,1H2,2-3H3,(H,21,22). The maximum atomic E-state index is 11.0. The smallest absolute Gasteiger partial charge is 0.335 e. The molecule has 0 spiro atoms. The van der Waals surface area contributed by atoms with Gasteiger partial charge in [0.1, 0.15) is 17.4 Å². The Morgan fingerprint density at radius 1 is 1.33 bits per heavy atom. The first-order valence-electron chi connectivity index (χ1n) is 7.52. The van der Waals surface area contributed by atoms with Gasteiger partial charge in [-0.3, -0.25) is 0 Å². The van der Waals surface area contributed by atoms with Crippen LogP contribution in [-0.4, -0.2) is 22.2 Å². The van der Waals surface area contributed by atoms with E-state index in [1.54, 1.807) is 12.1 Å². The summed E-state index contributed by atoms with van der Waals surface area (Å²) < 4.78 is 11.4. The third kappa shape index (κ3) is 3.01. The van der Waals surface area contributed by atoms with E-state index in [1.165, 1.54) is 12.1 Å². The molecule has 5 heteroatoms. The first kappa shape index (κ1) is 15.8. The molecule has 0 aliphatic carbocycles. The summed E-state index contributed by atoms with van der Waals surface area (Å²) in [7, 11) is 0. The van der Waals surface area contributed by atoms with E-state index in [-0.39, 0.29) is 11.7 Å². The maximum Gasteiger partial charge on any atom is 0.335 e. The predicted molar refractivity (Wildman–Crippen MR) is 91.4 cm³/mol. The van der Waals surface area contributed by atoms with Crippen molar-refractivity contribution in [1.29, 1.82) is 0 Å².